The van der Waals surface area contributed by atoms with E-state index in [-0.39, 0.29) is 5.91 Å². The molecule has 5 nitrogen and oxygen atoms in total. The SMILES string of the molecule is CCc1nc2c(Br)cc(C)cn2c1C(=O)Nc1ccc(N2CCCCC2)cc1. The number of fused-ring (bicyclic) bond motifs is 1. The van der Waals surface area contributed by atoms with E-state index in [0.29, 0.717) is 12.1 Å². The normalized spacial score (nSPS) is 14.5. The van der Waals surface area contributed by atoms with Gasteiger partial charge in [-0.25, -0.2) is 4.98 Å². The second-order valence-electron chi connectivity index (χ2n) is 7.37. The van der Waals surface area contributed by atoms with Gasteiger partial charge in [0.25, 0.3) is 5.91 Å². The first-order valence-electron chi connectivity index (χ1n) is 9.90. The summed E-state index contributed by atoms with van der Waals surface area (Å²) in [7, 11) is 0. The van der Waals surface area contributed by atoms with Crippen molar-refractivity contribution in [3.8, 4) is 0 Å². The number of benzene rings is 1. The third-order valence-corrected chi connectivity index (χ3v) is 5.86. The fourth-order valence-electron chi connectivity index (χ4n) is 3.86. The summed E-state index contributed by atoms with van der Waals surface area (Å²) in [5.41, 5.74) is 5.26. The summed E-state index contributed by atoms with van der Waals surface area (Å²) in [4.78, 5) is 20.2. The van der Waals surface area contributed by atoms with Crippen molar-refractivity contribution in [3.63, 3.8) is 0 Å². The average Bonchev–Trinajstić information content (AvgIpc) is 3.08. The lowest BCUT2D eigenvalue weighted by Gasteiger charge is -2.28. The molecule has 0 saturated carbocycles. The van der Waals surface area contributed by atoms with Crippen molar-refractivity contribution in [1.29, 1.82) is 0 Å². The maximum Gasteiger partial charge on any atom is 0.274 e. The first-order valence-corrected chi connectivity index (χ1v) is 10.7. The van der Waals surface area contributed by atoms with Crippen LogP contribution in [0.1, 0.15) is 47.9 Å². The number of aromatic nitrogens is 2. The van der Waals surface area contributed by atoms with Gasteiger partial charge in [0.15, 0.2) is 5.65 Å². The third kappa shape index (κ3) is 3.65. The van der Waals surface area contributed by atoms with E-state index in [1.807, 2.05) is 42.6 Å². The van der Waals surface area contributed by atoms with E-state index in [2.05, 4.69) is 43.3 Å². The molecule has 0 radical (unpaired) electrons. The second-order valence-corrected chi connectivity index (χ2v) is 8.22. The molecule has 3 heterocycles. The van der Waals surface area contributed by atoms with Crippen molar-refractivity contribution >= 4 is 38.9 Å². The molecule has 1 aliphatic heterocycles. The number of piperidine rings is 1. The van der Waals surface area contributed by atoms with Crippen molar-refractivity contribution in [2.75, 3.05) is 23.3 Å². The summed E-state index contributed by atoms with van der Waals surface area (Å²) in [5, 5.41) is 3.05. The monoisotopic (exact) mass is 440 g/mol. The maximum atomic E-state index is 13.1. The lowest BCUT2D eigenvalue weighted by Crippen LogP contribution is -2.29. The van der Waals surface area contributed by atoms with Gasteiger partial charge in [0.2, 0.25) is 0 Å². The molecular formula is C22H25BrN4O. The zero-order valence-corrected chi connectivity index (χ0v) is 17.9. The molecule has 28 heavy (non-hydrogen) atoms. The molecule has 0 bridgehead atoms. The van der Waals surface area contributed by atoms with E-state index < -0.39 is 0 Å². The Labute approximate surface area is 173 Å². The zero-order chi connectivity index (χ0) is 19.7. The van der Waals surface area contributed by atoms with Gasteiger partial charge in [0, 0.05) is 30.7 Å². The first-order chi connectivity index (χ1) is 13.6. The topological polar surface area (TPSA) is 49.6 Å². The lowest BCUT2D eigenvalue weighted by molar-refractivity contribution is 0.102. The molecule has 1 N–H and O–H groups in total. The van der Waals surface area contributed by atoms with Crippen LogP contribution < -0.4 is 10.2 Å². The van der Waals surface area contributed by atoms with E-state index in [4.69, 9.17) is 0 Å². The number of nitrogens with zero attached hydrogens (tertiary/aromatic N) is 3. The van der Waals surface area contributed by atoms with Gasteiger partial charge in [-0.1, -0.05) is 6.92 Å². The van der Waals surface area contributed by atoms with Gasteiger partial charge < -0.3 is 10.2 Å². The molecule has 6 heteroatoms. The van der Waals surface area contributed by atoms with Crippen molar-refractivity contribution in [2.24, 2.45) is 0 Å². The van der Waals surface area contributed by atoms with Crippen molar-refractivity contribution in [1.82, 2.24) is 9.38 Å². The minimum absolute atomic E-state index is 0.132. The molecular weight excluding hydrogens is 416 g/mol. The van der Waals surface area contributed by atoms with E-state index in [1.165, 1.54) is 24.9 Å². The summed E-state index contributed by atoms with van der Waals surface area (Å²) in [5.74, 6) is -0.132. The molecule has 2 aromatic heterocycles. The largest absolute Gasteiger partial charge is 0.372 e. The smallest absolute Gasteiger partial charge is 0.274 e. The van der Waals surface area contributed by atoms with Gasteiger partial charge in [-0.2, -0.15) is 0 Å². The second kappa shape index (κ2) is 7.95. The summed E-state index contributed by atoms with van der Waals surface area (Å²) in [6.07, 6.45) is 6.48. The highest BCUT2D eigenvalue weighted by molar-refractivity contribution is 9.10. The van der Waals surface area contributed by atoms with E-state index in [9.17, 15) is 4.79 Å². The zero-order valence-electron chi connectivity index (χ0n) is 16.3. The molecule has 0 atom stereocenters. The molecule has 0 spiro atoms. The Bertz CT molecular complexity index is 1000. The van der Waals surface area contributed by atoms with Crippen LogP contribution in [0.15, 0.2) is 41.0 Å². The number of hydrogen-bond acceptors (Lipinski definition) is 3. The molecule has 1 amide bonds. The first kappa shape index (κ1) is 19.0. The summed E-state index contributed by atoms with van der Waals surface area (Å²) in [6, 6.07) is 10.2. The Hall–Kier alpha value is -2.34. The molecule has 1 saturated heterocycles. The molecule has 1 aliphatic rings. The van der Waals surface area contributed by atoms with Crippen molar-refractivity contribution < 1.29 is 4.79 Å². The Balaban J connectivity index is 1.60. The van der Waals surface area contributed by atoms with E-state index in [0.717, 1.165) is 40.2 Å². The van der Waals surface area contributed by atoms with Gasteiger partial charge in [-0.15, -0.1) is 0 Å². The van der Waals surface area contributed by atoms with Crippen LogP contribution in [0.25, 0.3) is 5.65 Å². The molecule has 0 aliphatic carbocycles. The summed E-state index contributed by atoms with van der Waals surface area (Å²) in [6.45, 7) is 6.26. The van der Waals surface area contributed by atoms with Gasteiger partial charge >= 0.3 is 0 Å². The molecule has 0 unspecified atom stereocenters. The summed E-state index contributed by atoms with van der Waals surface area (Å²) < 4.78 is 2.78. The number of amides is 1. The molecule has 4 rings (SSSR count). The number of pyridine rings is 1. The Morgan fingerprint density at radius 2 is 1.89 bits per heavy atom. The van der Waals surface area contributed by atoms with Crippen molar-refractivity contribution in [2.45, 2.75) is 39.5 Å². The van der Waals surface area contributed by atoms with Crippen LogP contribution >= 0.6 is 15.9 Å². The van der Waals surface area contributed by atoms with Crippen LogP contribution in [-0.4, -0.2) is 28.4 Å². The Morgan fingerprint density at radius 1 is 1.18 bits per heavy atom. The van der Waals surface area contributed by atoms with Crippen molar-refractivity contribution in [3.05, 3.63) is 58.0 Å². The number of carbonyl (C=O) groups is 1. The predicted molar refractivity (Wildman–Crippen MR) is 117 cm³/mol. The number of rotatable bonds is 4. The molecule has 1 fully saturated rings. The van der Waals surface area contributed by atoms with Crippen LogP contribution in [0.3, 0.4) is 0 Å². The van der Waals surface area contributed by atoms with Crippen LogP contribution in [0.2, 0.25) is 0 Å². The van der Waals surface area contributed by atoms with Gasteiger partial charge in [-0.3, -0.25) is 9.20 Å². The predicted octanol–water partition coefficient (Wildman–Crippen LogP) is 5.21. The number of nitrogens with one attached hydrogen (secondary N) is 1. The maximum absolute atomic E-state index is 13.1. The number of aryl methyl sites for hydroxylation is 2. The highest BCUT2D eigenvalue weighted by Crippen LogP contribution is 2.25. The fraction of sp³-hybridized carbons (Fsp3) is 0.364. The van der Waals surface area contributed by atoms with E-state index >= 15 is 0 Å². The fourth-order valence-corrected chi connectivity index (χ4v) is 4.50. The minimum Gasteiger partial charge on any atom is -0.372 e. The third-order valence-electron chi connectivity index (χ3n) is 5.28. The highest BCUT2D eigenvalue weighted by Gasteiger charge is 2.20. The van der Waals surface area contributed by atoms with Crippen LogP contribution in [0, 0.1) is 6.92 Å². The van der Waals surface area contributed by atoms with Crippen LogP contribution in [-0.2, 0) is 6.42 Å². The molecule has 146 valence electrons. The average molecular weight is 441 g/mol. The van der Waals surface area contributed by atoms with Gasteiger partial charge in [0.1, 0.15) is 5.69 Å². The number of halogens is 1. The van der Waals surface area contributed by atoms with Gasteiger partial charge in [0.05, 0.1) is 10.2 Å². The minimum atomic E-state index is -0.132. The van der Waals surface area contributed by atoms with Gasteiger partial charge in [-0.05, 0) is 84.4 Å². The quantitative estimate of drug-likeness (QED) is 0.605. The number of hydrogen-bond donors (Lipinski definition) is 1. The van der Waals surface area contributed by atoms with E-state index in [1.54, 1.807) is 0 Å². The number of imidazole rings is 1. The molecule has 1 aromatic carbocycles. The van der Waals surface area contributed by atoms with Crippen LogP contribution in [0.5, 0.6) is 0 Å². The Kier molecular flexibility index (Phi) is 5.40. The lowest BCUT2D eigenvalue weighted by atomic mass is 10.1. The number of anilines is 2. The Morgan fingerprint density at radius 3 is 2.57 bits per heavy atom. The molecule has 3 aromatic rings. The van der Waals surface area contributed by atoms with Crippen LogP contribution in [0.4, 0.5) is 11.4 Å². The number of carbonyl (C=O) groups excluding carboxylic acids is 1. The highest BCUT2D eigenvalue weighted by atomic mass is 79.9. The standard InChI is InChI=1S/C22H25BrN4O/c1-3-19-20(27-14-15(2)13-18(23)21(27)25-19)22(28)24-16-7-9-17(10-8-16)26-11-5-4-6-12-26/h7-10,13-14H,3-6,11-12H2,1-2H3,(H,24,28). The summed E-state index contributed by atoms with van der Waals surface area (Å²) >= 11 is 3.57.